The Labute approximate surface area is 185 Å². The van der Waals surface area contributed by atoms with Gasteiger partial charge in [0, 0.05) is 10.4 Å². The summed E-state index contributed by atoms with van der Waals surface area (Å²) < 4.78 is 5.70. The van der Waals surface area contributed by atoms with E-state index in [1.807, 2.05) is 17.5 Å². The number of hydrogen-bond donors (Lipinski definition) is 4. The van der Waals surface area contributed by atoms with Gasteiger partial charge in [0.2, 0.25) is 5.91 Å². The first-order valence-electron chi connectivity index (χ1n) is 9.58. The molecule has 0 atom stereocenters. The lowest BCUT2D eigenvalue weighted by atomic mass is 10.1. The molecule has 0 radical (unpaired) electrons. The van der Waals surface area contributed by atoms with Crippen LogP contribution in [0.1, 0.15) is 15.2 Å². The predicted molar refractivity (Wildman–Crippen MR) is 121 cm³/mol. The molecule has 0 aliphatic rings. The standard InChI is InChI=1S/C22H18N4O5S/c27-18(24-17-8-2-7-16-19(17)22(30)26-25-21(16)29)11-23-20(28)13-4-1-5-14(10-13)31-12-15-6-3-9-32-15/h1-10H,11-12H2,(H,23,28)(H,24,27)(H,25,29)(H,26,30). The number of rotatable bonds is 7. The van der Waals surface area contributed by atoms with Gasteiger partial charge in [-0.25, -0.2) is 0 Å². The van der Waals surface area contributed by atoms with Crippen molar-refractivity contribution >= 4 is 39.6 Å². The van der Waals surface area contributed by atoms with Crippen LogP contribution < -0.4 is 26.5 Å². The Balaban J connectivity index is 1.38. The number of ether oxygens (including phenoxy) is 1. The first-order valence-corrected chi connectivity index (χ1v) is 10.5. The number of hydrogen-bond acceptors (Lipinski definition) is 6. The molecule has 2 amide bonds. The van der Waals surface area contributed by atoms with Gasteiger partial charge in [0.1, 0.15) is 12.4 Å². The topological polar surface area (TPSA) is 133 Å². The summed E-state index contributed by atoms with van der Waals surface area (Å²) in [5.74, 6) is -0.458. The molecule has 0 aliphatic heterocycles. The summed E-state index contributed by atoms with van der Waals surface area (Å²) in [6.07, 6.45) is 0. The molecule has 10 heteroatoms. The Morgan fingerprint density at radius 2 is 1.78 bits per heavy atom. The second kappa shape index (κ2) is 9.31. The Kier molecular flexibility index (Phi) is 6.13. The first kappa shape index (κ1) is 21.1. The highest BCUT2D eigenvalue weighted by atomic mass is 32.1. The maximum Gasteiger partial charge on any atom is 0.272 e. The van der Waals surface area contributed by atoms with Crippen LogP contribution in [0.15, 0.2) is 69.6 Å². The molecular weight excluding hydrogens is 432 g/mol. The van der Waals surface area contributed by atoms with Gasteiger partial charge in [0.25, 0.3) is 17.0 Å². The van der Waals surface area contributed by atoms with Crippen molar-refractivity contribution < 1.29 is 14.3 Å². The van der Waals surface area contributed by atoms with Gasteiger partial charge in [-0.05, 0) is 41.8 Å². The highest BCUT2D eigenvalue weighted by Crippen LogP contribution is 2.18. The summed E-state index contributed by atoms with van der Waals surface area (Å²) in [5.41, 5.74) is -0.503. The van der Waals surface area contributed by atoms with Crippen molar-refractivity contribution in [3.8, 4) is 5.75 Å². The van der Waals surface area contributed by atoms with Gasteiger partial charge < -0.3 is 15.4 Å². The third-order valence-electron chi connectivity index (χ3n) is 4.57. The molecule has 4 rings (SSSR count). The zero-order valence-electron chi connectivity index (χ0n) is 16.6. The van der Waals surface area contributed by atoms with Crippen molar-refractivity contribution in [1.82, 2.24) is 15.5 Å². The van der Waals surface area contributed by atoms with E-state index in [1.165, 1.54) is 12.1 Å². The summed E-state index contributed by atoms with van der Waals surface area (Å²) in [7, 11) is 0. The van der Waals surface area contributed by atoms with Crippen molar-refractivity contribution in [2.45, 2.75) is 6.61 Å². The molecule has 0 spiro atoms. The van der Waals surface area contributed by atoms with Gasteiger partial charge in [-0.3, -0.25) is 29.4 Å². The summed E-state index contributed by atoms with van der Waals surface area (Å²) in [5, 5.41) is 11.7. The summed E-state index contributed by atoms with van der Waals surface area (Å²) in [6.45, 7) is 0.0781. The highest BCUT2D eigenvalue weighted by molar-refractivity contribution is 7.09. The minimum atomic E-state index is -0.546. The molecular formula is C22H18N4O5S. The molecule has 2 heterocycles. The zero-order valence-corrected chi connectivity index (χ0v) is 17.5. The maximum absolute atomic E-state index is 12.5. The molecule has 0 saturated carbocycles. The fraction of sp³-hybridized carbons (Fsp3) is 0.0909. The lowest BCUT2D eigenvalue weighted by Gasteiger charge is -2.10. The smallest absolute Gasteiger partial charge is 0.272 e. The first-order chi connectivity index (χ1) is 15.5. The van der Waals surface area contributed by atoms with Gasteiger partial charge in [-0.15, -0.1) is 11.3 Å². The van der Waals surface area contributed by atoms with Crippen LogP contribution >= 0.6 is 11.3 Å². The summed E-state index contributed by atoms with van der Waals surface area (Å²) in [6, 6.07) is 15.1. The Morgan fingerprint density at radius 1 is 0.969 bits per heavy atom. The van der Waals surface area contributed by atoms with Crippen LogP contribution in [0, 0.1) is 0 Å². The Bertz CT molecular complexity index is 1390. The Hall–Kier alpha value is -4.18. The van der Waals surface area contributed by atoms with Crippen LogP contribution in [0.25, 0.3) is 10.8 Å². The van der Waals surface area contributed by atoms with Gasteiger partial charge in [0.15, 0.2) is 0 Å². The lowest BCUT2D eigenvalue weighted by molar-refractivity contribution is -0.115. The number of aromatic amines is 2. The lowest BCUT2D eigenvalue weighted by Crippen LogP contribution is -2.33. The molecule has 9 nitrogen and oxygen atoms in total. The quantitative estimate of drug-likeness (QED) is 0.343. The van der Waals surface area contributed by atoms with Crippen LogP contribution in [-0.2, 0) is 11.4 Å². The number of carbonyl (C=O) groups excluding carboxylic acids is 2. The van der Waals surface area contributed by atoms with E-state index in [0.717, 1.165) is 4.88 Å². The largest absolute Gasteiger partial charge is 0.488 e. The number of benzene rings is 2. The number of amides is 2. The van der Waals surface area contributed by atoms with E-state index in [9.17, 15) is 19.2 Å². The maximum atomic E-state index is 12.5. The molecule has 0 saturated heterocycles. The third kappa shape index (κ3) is 4.76. The van der Waals surface area contributed by atoms with Crippen molar-refractivity contribution in [2.24, 2.45) is 0 Å². The molecule has 4 aromatic rings. The van der Waals surface area contributed by atoms with E-state index in [0.29, 0.717) is 17.9 Å². The monoisotopic (exact) mass is 450 g/mol. The number of thiophene rings is 1. The van der Waals surface area contributed by atoms with E-state index in [2.05, 4.69) is 20.8 Å². The molecule has 32 heavy (non-hydrogen) atoms. The molecule has 2 aromatic heterocycles. The molecule has 162 valence electrons. The molecule has 0 unspecified atom stereocenters. The van der Waals surface area contributed by atoms with E-state index >= 15 is 0 Å². The average molecular weight is 450 g/mol. The number of carbonyl (C=O) groups is 2. The van der Waals surface area contributed by atoms with Gasteiger partial charge in [-0.2, -0.15) is 0 Å². The average Bonchev–Trinajstić information content (AvgIpc) is 3.32. The summed E-state index contributed by atoms with van der Waals surface area (Å²) >= 11 is 1.58. The second-order valence-electron chi connectivity index (χ2n) is 6.76. The summed E-state index contributed by atoms with van der Waals surface area (Å²) in [4.78, 5) is 49.8. The van der Waals surface area contributed by atoms with E-state index in [1.54, 1.807) is 41.7 Å². The zero-order chi connectivity index (χ0) is 22.5. The molecule has 0 aliphatic carbocycles. The van der Waals surface area contributed by atoms with E-state index in [4.69, 9.17) is 4.74 Å². The fourth-order valence-electron chi connectivity index (χ4n) is 3.07. The highest BCUT2D eigenvalue weighted by Gasteiger charge is 2.13. The third-order valence-corrected chi connectivity index (χ3v) is 5.42. The van der Waals surface area contributed by atoms with Gasteiger partial charge >= 0.3 is 0 Å². The number of anilines is 1. The number of aromatic nitrogens is 2. The second-order valence-corrected chi connectivity index (χ2v) is 7.80. The normalized spacial score (nSPS) is 10.6. The van der Waals surface area contributed by atoms with E-state index in [-0.39, 0.29) is 23.0 Å². The minimum Gasteiger partial charge on any atom is -0.488 e. The van der Waals surface area contributed by atoms with Crippen molar-refractivity contribution in [1.29, 1.82) is 0 Å². The SMILES string of the molecule is O=C(CNC(=O)c1cccc(OCc2cccs2)c1)Nc1cccc2c(=O)[nH][nH]c(=O)c12. The molecule has 0 fully saturated rings. The number of fused-ring (bicyclic) bond motifs is 1. The van der Waals surface area contributed by atoms with Crippen LogP contribution in [0.2, 0.25) is 0 Å². The van der Waals surface area contributed by atoms with Crippen molar-refractivity contribution in [2.75, 3.05) is 11.9 Å². The van der Waals surface area contributed by atoms with Crippen LogP contribution in [0.3, 0.4) is 0 Å². The van der Waals surface area contributed by atoms with Crippen LogP contribution in [0.5, 0.6) is 5.75 Å². The predicted octanol–water partition coefficient (Wildman–Crippen LogP) is 2.23. The molecule has 4 N–H and O–H groups in total. The number of H-pyrrole nitrogens is 2. The van der Waals surface area contributed by atoms with Crippen LogP contribution in [-0.4, -0.2) is 28.6 Å². The van der Waals surface area contributed by atoms with Crippen molar-refractivity contribution in [3.63, 3.8) is 0 Å². The number of nitrogens with one attached hydrogen (secondary N) is 4. The Morgan fingerprint density at radius 3 is 2.59 bits per heavy atom. The minimum absolute atomic E-state index is 0.0616. The van der Waals surface area contributed by atoms with Gasteiger partial charge in [-0.1, -0.05) is 18.2 Å². The van der Waals surface area contributed by atoms with E-state index < -0.39 is 22.9 Å². The molecule has 0 bridgehead atoms. The molecule has 2 aromatic carbocycles. The van der Waals surface area contributed by atoms with Crippen LogP contribution in [0.4, 0.5) is 5.69 Å². The fourth-order valence-corrected chi connectivity index (χ4v) is 3.68. The van der Waals surface area contributed by atoms with Gasteiger partial charge in [0.05, 0.1) is 23.0 Å². The van der Waals surface area contributed by atoms with Crippen molar-refractivity contribution in [3.05, 3.63) is 91.1 Å².